The van der Waals surface area contributed by atoms with Gasteiger partial charge in [-0.1, -0.05) is 11.6 Å². The van der Waals surface area contributed by atoms with Gasteiger partial charge in [-0.25, -0.2) is 0 Å². The van der Waals surface area contributed by atoms with Gasteiger partial charge in [0.15, 0.2) is 0 Å². The van der Waals surface area contributed by atoms with E-state index in [1.165, 1.54) is 0 Å². The number of nitrogens with one attached hydrogen (secondary N) is 1. The summed E-state index contributed by atoms with van der Waals surface area (Å²) in [5, 5.41) is 3.89. The molecule has 2 nitrogen and oxygen atoms in total. The SMILES string of the molecule is Cl.Clc1ccc(OC2CNC2)cc1. The fourth-order valence-corrected chi connectivity index (χ4v) is 1.18. The third kappa shape index (κ3) is 2.76. The van der Waals surface area contributed by atoms with Gasteiger partial charge < -0.3 is 10.1 Å². The van der Waals surface area contributed by atoms with Gasteiger partial charge in [0.2, 0.25) is 0 Å². The molecule has 0 unspecified atom stereocenters. The second-order valence-corrected chi connectivity index (χ2v) is 3.29. The molecule has 1 fully saturated rings. The molecule has 1 aromatic carbocycles. The molecule has 0 atom stereocenters. The maximum Gasteiger partial charge on any atom is 0.123 e. The van der Waals surface area contributed by atoms with Crippen LogP contribution in [-0.4, -0.2) is 19.2 Å². The predicted octanol–water partition coefficient (Wildman–Crippen LogP) is 2.11. The van der Waals surface area contributed by atoms with Crippen molar-refractivity contribution < 1.29 is 4.74 Å². The Bertz CT molecular complexity index is 259. The first-order valence-corrected chi connectivity index (χ1v) is 4.35. The minimum atomic E-state index is 0. The summed E-state index contributed by atoms with van der Waals surface area (Å²) in [6.07, 6.45) is 0.339. The van der Waals surface area contributed by atoms with E-state index in [-0.39, 0.29) is 12.4 Å². The zero-order chi connectivity index (χ0) is 8.39. The van der Waals surface area contributed by atoms with Crippen LogP contribution in [0.5, 0.6) is 5.75 Å². The van der Waals surface area contributed by atoms with Crippen LogP contribution in [0.1, 0.15) is 0 Å². The molecule has 4 heteroatoms. The highest BCUT2D eigenvalue weighted by Gasteiger charge is 2.17. The monoisotopic (exact) mass is 219 g/mol. The Morgan fingerprint density at radius 3 is 2.31 bits per heavy atom. The van der Waals surface area contributed by atoms with Gasteiger partial charge in [0.05, 0.1) is 0 Å². The number of ether oxygens (including phenoxy) is 1. The first kappa shape index (κ1) is 10.6. The summed E-state index contributed by atoms with van der Waals surface area (Å²) >= 11 is 5.73. The molecule has 0 amide bonds. The number of benzene rings is 1. The lowest BCUT2D eigenvalue weighted by Gasteiger charge is -2.27. The van der Waals surface area contributed by atoms with E-state index in [1.54, 1.807) is 0 Å². The fourth-order valence-electron chi connectivity index (χ4n) is 1.05. The molecule has 72 valence electrons. The minimum Gasteiger partial charge on any atom is -0.488 e. The predicted molar refractivity (Wildman–Crippen MR) is 56.0 cm³/mol. The van der Waals surface area contributed by atoms with Gasteiger partial charge in [0.1, 0.15) is 11.9 Å². The van der Waals surface area contributed by atoms with Crippen molar-refractivity contribution in [2.24, 2.45) is 0 Å². The van der Waals surface area contributed by atoms with Crippen LogP contribution in [0.2, 0.25) is 5.02 Å². The van der Waals surface area contributed by atoms with Gasteiger partial charge in [0.25, 0.3) is 0 Å². The molecular formula is C9H11Cl2NO. The van der Waals surface area contributed by atoms with Crippen molar-refractivity contribution in [1.82, 2.24) is 5.32 Å². The van der Waals surface area contributed by atoms with E-state index in [4.69, 9.17) is 16.3 Å². The number of hydrogen-bond donors (Lipinski definition) is 1. The molecule has 0 aliphatic carbocycles. The Morgan fingerprint density at radius 2 is 1.85 bits per heavy atom. The van der Waals surface area contributed by atoms with E-state index >= 15 is 0 Å². The summed E-state index contributed by atoms with van der Waals surface area (Å²) < 4.78 is 5.58. The van der Waals surface area contributed by atoms with Crippen LogP contribution in [0, 0.1) is 0 Å². The first-order chi connectivity index (χ1) is 5.84. The van der Waals surface area contributed by atoms with Crippen LogP contribution < -0.4 is 10.1 Å². The Kier molecular flexibility index (Phi) is 3.85. The van der Waals surface area contributed by atoms with Crippen molar-refractivity contribution in [2.75, 3.05) is 13.1 Å². The van der Waals surface area contributed by atoms with E-state index in [1.807, 2.05) is 24.3 Å². The Balaban J connectivity index is 0.000000845. The molecule has 1 aromatic rings. The molecule has 0 bridgehead atoms. The molecule has 0 radical (unpaired) electrons. The van der Waals surface area contributed by atoms with E-state index in [9.17, 15) is 0 Å². The van der Waals surface area contributed by atoms with Crippen molar-refractivity contribution in [3.05, 3.63) is 29.3 Å². The van der Waals surface area contributed by atoms with E-state index in [2.05, 4.69) is 5.32 Å². The molecule has 1 saturated heterocycles. The van der Waals surface area contributed by atoms with Gasteiger partial charge in [-0.3, -0.25) is 0 Å². The second kappa shape index (κ2) is 4.70. The maximum atomic E-state index is 5.73. The highest BCUT2D eigenvalue weighted by atomic mass is 35.5. The highest BCUT2D eigenvalue weighted by Crippen LogP contribution is 2.17. The molecule has 0 aromatic heterocycles. The van der Waals surface area contributed by atoms with Crippen molar-refractivity contribution in [2.45, 2.75) is 6.10 Å². The lowest BCUT2D eigenvalue weighted by atomic mass is 10.2. The van der Waals surface area contributed by atoms with Crippen molar-refractivity contribution in [3.8, 4) is 5.75 Å². The quantitative estimate of drug-likeness (QED) is 0.824. The van der Waals surface area contributed by atoms with Crippen LogP contribution >= 0.6 is 24.0 Å². The van der Waals surface area contributed by atoms with E-state index in [0.717, 1.165) is 23.9 Å². The standard InChI is InChI=1S/C9H10ClNO.ClH/c10-7-1-3-8(4-2-7)12-9-5-11-6-9;/h1-4,9,11H,5-6H2;1H. The summed E-state index contributed by atoms with van der Waals surface area (Å²) in [6, 6.07) is 7.45. The normalized spacial score (nSPS) is 15.8. The molecule has 1 N–H and O–H groups in total. The molecule has 2 rings (SSSR count). The van der Waals surface area contributed by atoms with Crippen molar-refractivity contribution in [3.63, 3.8) is 0 Å². The largest absolute Gasteiger partial charge is 0.488 e. The molecule has 0 saturated carbocycles. The van der Waals surface area contributed by atoms with Gasteiger partial charge in [0, 0.05) is 18.1 Å². The van der Waals surface area contributed by atoms with Crippen LogP contribution in [0.3, 0.4) is 0 Å². The molecule has 1 aliphatic heterocycles. The highest BCUT2D eigenvalue weighted by molar-refractivity contribution is 6.30. The minimum absolute atomic E-state index is 0. The lowest BCUT2D eigenvalue weighted by Crippen LogP contribution is -2.50. The Morgan fingerprint density at radius 1 is 1.23 bits per heavy atom. The smallest absolute Gasteiger partial charge is 0.123 e. The van der Waals surface area contributed by atoms with Gasteiger partial charge in [-0.15, -0.1) is 12.4 Å². The zero-order valence-corrected chi connectivity index (χ0v) is 8.57. The van der Waals surface area contributed by atoms with Crippen LogP contribution in [0.15, 0.2) is 24.3 Å². The average molecular weight is 220 g/mol. The van der Waals surface area contributed by atoms with Crippen LogP contribution in [-0.2, 0) is 0 Å². The second-order valence-electron chi connectivity index (χ2n) is 2.85. The van der Waals surface area contributed by atoms with Crippen LogP contribution in [0.4, 0.5) is 0 Å². The number of halogens is 2. The zero-order valence-electron chi connectivity index (χ0n) is 7.00. The third-order valence-electron chi connectivity index (χ3n) is 1.86. The molecule has 0 spiro atoms. The summed E-state index contributed by atoms with van der Waals surface area (Å²) in [7, 11) is 0. The maximum absolute atomic E-state index is 5.73. The fraction of sp³-hybridized carbons (Fsp3) is 0.333. The van der Waals surface area contributed by atoms with E-state index < -0.39 is 0 Å². The topological polar surface area (TPSA) is 21.3 Å². The first-order valence-electron chi connectivity index (χ1n) is 3.97. The van der Waals surface area contributed by atoms with Gasteiger partial charge >= 0.3 is 0 Å². The van der Waals surface area contributed by atoms with Crippen molar-refractivity contribution in [1.29, 1.82) is 0 Å². The van der Waals surface area contributed by atoms with Gasteiger partial charge in [-0.2, -0.15) is 0 Å². The lowest BCUT2D eigenvalue weighted by molar-refractivity contribution is 0.142. The van der Waals surface area contributed by atoms with Crippen LogP contribution in [0.25, 0.3) is 0 Å². The summed E-state index contributed by atoms with van der Waals surface area (Å²) in [5.74, 6) is 0.894. The molecule has 1 aliphatic rings. The third-order valence-corrected chi connectivity index (χ3v) is 2.11. The summed E-state index contributed by atoms with van der Waals surface area (Å²) in [5.41, 5.74) is 0. The number of rotatable bonds is 2. The van der Waals surface area contributed by atoms with Crippen molar-refractivity contribution >= 4 is 24.0 Å². The summed E-state index contributed by atoms with van der Waals surface area (Å²) in [4.78, 5) is 0. The Labute approximate surface area is 88.6 Å². The molecule has 13 heavy (non-hydrogen) atoms. The number of hydrogen-bond acceptors (Lipinski definition) is 2. The summed E-state index contributed by atoms with van der Waals surface area (Å²) in [6.45, 7) is 1.89. The molecule has 1 heterocycles. The average Bonchev–Trinajstić information content (AvgIpc) is 2.00. The molecular weight excluding hydrogens is 209 g/mol. The Hall–Kier alpha value is -0.440. The van der Waals surface area contributed by atoms with Gasteiger partial charge in [-0.05, 0) is 24.3 Å². The van der Waals surface area contributed by atoms with E-state index in [0.29, 0.717) is 6.10 Å².